The van der Waals surface area contributed by atoms with Gasteiger partial charge in [0, 0.05) is 22.7 Å². The molecule has 0 radical (unpaired) electrons. The summed E-state index contributed by atoms with van der Waals surface area (Å²) in [5.41, 5.74) is 1.35. The molecule has 0 saturated carbocycles. The Kier molecular flexibility index (Phi) is 4.65. The van der Waals surface area contributed by atoms with Gasteiger partial charge in [0.05, 0.1) is 19.4 Å². The van der Waals surface area contributed by atoms with Gasteiger partial charge in [-0.05, 0) is 37.3 Å². The summed E-state index contributed by atoms with van der Waals surface area (Å²) in [7, 11) is 0. The average Bonchev–Trinajstić information content (AvgIpc) is 3.21. The van der Waals surface area contributed by atoms with Crippen molar-refractivity contribution in [3.8, 4) is 5.75 Å². The molecule has 0 aliphatic heterocycles. The molecule has 0 fully saturated rings. The highest BCUT2D eigenvalue weighted by Gasteiger charge is 2.12. The van der Waals surface area contributed by atoms with Gasteiger partial charge in [-0.2, -0.15) is 0 Å². The van der Waals surface area contributed by atoms with Crippen molar-refractivity contribution in [3.63, 3.8) is 0 Å². The molecule has 1 N–H and O–H groups in total. The largest absolute Gasteiger partial charge is 0.494 e. The number of nitrogens with zero attached hydrogens (tertiary/aromatic N) is 1. The van der Waals surface area contributed by atoms with Crippen LogP contribution in [0.1, 0.15) is 23.0 Å². The first-order valence-electron chi connectivity index (χ1n) is 7.71. The van der Waals surface area contributed by atoms with E-state index in [2.05, 4.69) is 5.32 Å². The topological polar surface area (TPSA) is 73.5 Å². The fourth-order valence-corrected chi connectivity index (χ4v) is 2.59. The van der Waals surface area contributed by atoms with Crippen molar-refractivity contribution >= 4 is 23.1 Å². The second kappa shape index (κ2) is 7.04. The van der Waals surface area contributed by atoms with Crippen LogP contribution in [0.4, 0.5) is 0 Å². The zero-order valence-corrected chi connectivity index (χ0v) is 13.3. The van der Waals surface area contributed by atoms with Crippen LogP contribution in [-0.4, -0.2) is 23.4 Å². The lowest BCUT2D eigenvalue weighted by atomic mass is 10.2. The Balaban J connectivity index is 1.78. The Labute approximate surface area is 139 Å². The van der Waals surface area contributed by atoms with E-state index in [4.69, 9.17) is 9.15 Å². The lowest BCUT2D eigenvalue weighted by Crippen LogP contribution is -2.26. The molecule has 2 heterocycles. The molecule has 0 spiro atoms. The van der Waals surface area contributed by atoms with Gasteiger partial charge in [0.1, 0.15) is 18.1 Å². The third-order valence-electron chi connectivity index (χ3n) is 3.68. The van der Waals surface area contributed by atoms with Crippen LogP contribution in [0.5, 0.6) is 5.75 Å². The van der Waals surface area contributed by atoms with Crippen LogP contribution in [0.25, 0.3) is 10.9 Å². The maximum Gasteiger partial charge on any atom is 0.240 e. The van der Waals surface area contributed by atoms with Crippen LogP contribution in [0.2, 0.25) is 0 Å². The van der Waals surface area contributed by atoms with E-state index in [9.17, 15) is 9.59 Å². The first-order chi connectivity index (χ1) is 11.7. The SMILES string of the molecule is CCOc1ccc2c(c1)c(C=O)cn2CC(=O)NCc1ccco1. The van der Waals surface area contributed by atoms with Crippen molar-refractivity contribution in [1.29, 1.82) is 0 Å². The van der Waals surface area contributed by atoms with Gasteiger partial charge in [0.25, 0.3) is 0 Å². The van der Waals surface area contributed by atoms with Gasteiger partial charge < -0.3 is 19.0 Å². The van der Waals surface area contributed by atoms with Crippen LogP contribution in [0, 0.1) is 0 Å². The Morgan fingerprint density at radius 3 is 2.96 bits per heavy atom. The summed E-state index contributed by atoms with van der Waals surface area (Å²) in [5, 5.41) is 3.56. The molecule has 6 heteroatoms. The number of ether oxygens (including phenoxy) is 1. The maximum atomic E-state index is 12.1. The summed E-state index contributed by atoms with van der Waals surface area (Å²) in [6, 6.07) is 9.07. The second-order valence-electron chi connectivity index (χ2n) is 5.30. The molecular formula is C18H18N2O4. The molecule has 124 valence electrons. The number of aromatic nitrogens is 1. The van der Waals surface area contributed by atoms with Gasteiger partial charge in [0.15, 0.2) is 6.29 Å². The molecule has 0 bridgehead atoms. The van der Waals surface area contributed by atoms with Gasteiger partial charge in [0.2, 0.25) is 5.91 Å². The van der Waals surface area contributed by atoms with E-state index in [0.717, 1.165) is 17.2 Å². The summed E-state index contributed by atoms with van der Waals surface area (Å²) in [5.74, 6) is 1.23. The van der Waals surface area contributed by atoms with E-state index >= 15 is 0 Å². The van der Waals surface area contributed by atoms with Crippen LogP contribution >= 0.6 is 0 Å². The number of nitrogens with one attached hydrogen (secondary N) is 1. The molecule has 0 unspecified atom stereocenters. The number of furan rings is 1. The molecule has 3 rings (SSSR count). The van der Waals surface area contributed by atoms with E-state index in [1.54, 1.807) is 29.2 Å². The molecule has 6 nitrogen and oxygen atoms in total. The predicted octanol–water partition coefficient (Wildman–Crippen LogP) is 2.76. The van der Waals surface area contributed by atoms with Gasteiger partial charge in [-0.3, -0.25) is 9.59 Å². The Morgan fingerprint density at radius 2 is 2.25 bits per heavy atom. The molecule has 1 aromatic carbocycles. The number of benzene rings is 1. The number of fused-ring (bicyclic) bond motifs is 1. The molecule has 0 saturated heterocycles. The first kappa shape index (κ1) is 15.9. The highest BCUT2D eigenvalue weighted by Crippen LogP contribution is 2.25. The number of hydrogen-bond donors (Lipinski definition) is 1. The zero-order chi connectivity index (χ0) is 16.9. The van der Waals surface area contributed by atoms with Crippen molar-refractivity contribution in [1.82, 2.24) is 9.88 Å². The first-order valence-corrected chi connectivity index (χ1v) is 7.71. The number of carbonyl (C=O) groups is 2. The number of rotatable bonds is 7. The van der Waals surface area contributed by atoms with Crippen molar-refractivity contribution < 1.29 is 18.7 Å². The average molecular weight is 326 g/mol. The molecule has 24 heavy (non-hydrogen) atoms. The van der Waals surface area contributed by atoms with E-state index in [1.165, 1.54) is 0 Å². The monoisotopic (exact) mass is 326 g/mol. The predicted molar refractivity (Wildman–Crippen MR) is 89.0 cm³/mol. The van der Waals surface area contributed by atoms with Crippen LogP contribution in [0.3, 0.4) is 0 Å². The van der Waals surface area contributed by atoms with Gasteiger partial charge in [-0.15, -0.1) is 0 Å². The van der Waals surface area contributed by atoms with Crippen molar-refractivity contribution in [2.45, 2.75) is 20.0 Å². The summed E-state index contributed by atoms with van der Waals surface area (Å²) in [4.78, 5) is 23.4. The minimum Gasteiger partial charge on any atom is -0.494 e. The molecule has 2 aromatic heterocycles. The van der Waals surface area contributed by atoms with E-state index in [1.807, 2.05) is 25.1 Å². The fraction of sp³-hybridized carbons (Fsp3) is 0.222. The molecule has 1 amide bonds. The van der Waals surface area contributed by atoms with Crippen molar-refractivity contribution in [2.24, 2.45) is 0 Å². The van der Waals surface area contributed by atoms with Crippen LogP contribution in [0.15, 0.2) is 47.2 Å². The van der Waals surface area contributed by atoms with E-state index < -0.39 is 0 Å². The normalized spacial score (nSPS) is 10.7. The summed E-state index contributed by atoms with van der Waals surface area (Å²) >= 11 is 0. The third kappa shape index (κ3) is 3.32. The van der Waals surface area contributed by atoms with Gasteiger partial charge in [-0.25, -0.2) is 0 Å². The minimum atomic E-state index is -0.158. The standard InChI is InChI=1S/C18H18N2O4/c1-2-23-14-5-6-17-16(8-14)13(12-21)10-20(17)11-18(22)19-9-15-4-3-7-24-15/h3-8,10,12H,2,9,11H2,1H3,(H,19,22). The lowest BCUT2D eigenvalue weighted by Gasteiger charge is -2.07. The highest BCUT2D eigenvalue weighted by atomic mass is 16.5. The van der Waals surface area contributed by atoms with Crippen LogP contribution in [-0.2, 0) is 17.9 Å². The third-order valence-corrected chi connectivity index (χ3v) is 3.68. The lowest BCUT2D eigenvalue weighted by molar-refractivity contribution is -0.121. The minimum absolute atomic E-state index is 0.124. The molecule has 0 atom stereocenters. The quantitative estimate of drug-likeness (QED) is 0.678. The molecule has 0 aliphatic carbocycles. The number of aldehydes is 1. The Bertz CT molecular complexity index is 849. The van der Waals surface area contributed by atoms with Crippen LogP contribution < -0.4 is 10.1 Å². The molecule has 3 aromatic rings. The van der Waals surface area contributed by atoms with Crippen molar-refractivity contribution in [3.05, 3.63) is 54.1 Å². The Morgan fingerprint density at radius 1 is 1.38 bits per heavy atom. The number of hydrogen-bond acceptors (Lipinski definition) is 4. The molecule has 0 aliphatic rings. The summed E-state index contributed by atoms with van der Waals surface area (Å²) in [6.07, 6.45) is 4.03. The highest BCUT2D eigenvalue weighted by molar-refractivity contribution is 5.98. The van der Waals surface area contributed by atoms with E-state index in [0.29, 0.717) is 30.2 Å². The Hall–Kier alpha value is -3.02. The summed E-state index contributed by atoms with van der Waals surface area (Å²) < 4.78 is 12.4. The zero-order valence-electron chi connectivity index (χ0n) is 13.3. The smallest absolute Gasteiger partial charge is 0.240 e. The fourth-order valence-electron chi connectivity index (χ4n) is 2.59. The van der Waals surface area contributed by atoms with Gasteiger partial charge in [-0.1, -0.05) is 0 Å². The van der Waals surface area contributed by atoms with Crippen molar-refractivity contribution in [2.75, 3.05) is 6.61 Å². The number of carbonyl (C=O) groups excluding carboxylic acids is 2. The second-order valence-corrected chi connectivity index (χ2v) is 5.30. The van der Waals surface area contributed by atoms with Gasteiger partial charge >= 0.3 is 0 Å². The maximum absolute atomic E-state index is 12.1. The number of amides is 1. The van der Waals surface area contributed by atoms with E-state index in [-0.39, 0.29) is 12.5 Å². The summed E-state index contributed by atoms with van der Waals surface area (Å²) in [6.45, 7) is 2.91. The molecular weight excluding hydrogens is 308 g/mol.